The van der Waals surface area contributed by atoms with E-state index >= 15 is 0 Å². The number of nitrogens with zero attached hydrogens (tertiary/aromatic N) is 1. The molecule has 0 spiro atoms. The van der Waals surface area contributed by atoms with Crippen LogP contribution in [0.1, 0.15) is 30.5 Å². The van der Waals surface area contributed by atoms with Gasteiger partial charge in [0.2, 0.25) is 11.8 Å². The fourth-order valence-electron chi connectivity index (χ4n) is 3.64. The van der Waals surface area contributed by atoms with Crippen LogP contribution < -0.4 is 5.32 Å². The number of amides is 2. The molecular formula is C27H29ClN2O2. The standard InChI is InChI=1S/C27H29ClN2O2/c1-20(2)29-27(32)25(17-21-10-5-3-6-11-21)30(19-23-14-9-15-24(28)16-23)26(31)18-22-12-7-4-8-13-22/h3-16,20,25H,17-19H2,1-2H3,(H,29,32). The molecule has 3 aromatic rings. The van der Waals surface area contributed by atoms with Gasteiger partial charge in [-0.25, -0.2) is 0 Å². The van der Waals surface area contributed by atoms with Gasteiger partial charge in [0.05, 0.1) is 6.42 Å². The van der Waals surface area contributed by atoms with Gasteiger partial charge in [0, 0.05) is 24.0 Å². The number of benzene rings is 3. The first-order valence-corrected chi connectivity index (χ1v) is 11.2. The molecule has 0 saturated heterocycles. The third kappa shape index (κ3) is 6.96. The summed E-state index contributed by atoms with van der Waals surface area (Å²) >= 11 is 6.20. The molecule has 0 bridgehead atoms. The van der Waals surface area contributed by atoms with Gasteiger partial charge in [-0.15, -0.1) is 0 Å². The fraction of sp³-hybridized carbons (Fsp3) is 0.259. The van der Waals surface area contributed by atoms with E-state index in [4.69, 9.17) is 11.6 Å². The highest BCUT2D eigenvalue weighted by molar-refractivity contribution is 6.30. The lowest BCUT2D eigenvalue weighted by molar-refractivity contribution is -0.141. The van der Waals surface area contributed by atoms with E-state index in [-0.39, 0.29) is 24.3 Å². The second kappa shape index (κ2) is 11.5. The lowest BCUT2D eigenvalue weighted by atomic mass is 10.0. The normalized spacial score (nSPS) is 11.8. The highest BCUT2D eigenvalue weighted by Crippen LogP contribution is 2.19. The first kappa shape index (κ1) is 23.6. The largest absolute Gasteiger partial charge is 0.352 e. The lowest BCUT2D eigenvalue weighted by Gasteiger charge is -2.32. The van der Waals surface area contributed by atoms with E-state index in [1.54, 1.807) is 11.0 Å². The van der Waals surface area contributed by atoms with Crippen LogP contribution in [-0.4, -0.2) is 28.8 Å². The van der Waals surface area contributed by atoms with Crippen molar-refractivity contribution in [3.63, 3.8) is 0 Å². The zero-order valence-electron chi connectivity index (χ0n) is 18.5. The molecule has 0 fully saturated rings. The summed E-state index contributed by atoms with van der Waals surface area (Å²) in [5.41, 5.74) is 2.80. The Morgan fingerprint density at radius 1 is 0.844 bits per heavy atom. The Hall–Kier alpha value is -3.11. The molecule has 0 saturated carbocycles. The molecule has 0 aliphatic carbocycles. The van der Waals surface area contributed by atoms with Crippen molar-refractivity contribution in [1.29, 1.82) is 0 Å². The third-order valence-electron chi connectivity index (χ3n) is 5.14. The van der Waals surface area contributed by atoms with E-state index in [1.807, 2.05) is 92.7 Å². The molecule has 4 nitrogen and oxygen atoms in total. The second-order valence-corrected chi connectivity index (χ2v) is 8.62. The summed E-state index contributed by atoms with van der Waals surface area (Å²) in [6.45, 7) is 4.14. The van der Waals surface area contributed by atoms with E-state index in [2.05, 4.69) is 5.32 Å². The number of carbonyl (C=O) groups is 2. The maximum Gasteiger partial charge on any atom is 0.243 e. The number of halogens is 1. The number of carbonyl (C=O) groups excluding carboxylic acids is 2. The van der Waals surface area contributed by atoms with Gasteiger partial charge >= 0.3 is 0 Å². The average molecular weight is 449 g/mol. The van der Waals surface area contributed by atoms with Crippen LogP contribution in [0, 0.1) is 0 Å². The van der Waals surface area contributed by atoms with Crippen molar-refractivity contribution >= 4 is 23.4 Å². The monoisotopic (exact) mass is 448 g/mol. The Bertz CT molecular complexity index is 1020. The van der Waals surface area contributed by atoms with Gasteiger partial charge in [-0.2, -0.15) is 0 Å². The predicted molar refractivity (Wildman–Crippen MR) is 129 cm³/mol. The van der Waals surface area contributed by atoms with Crippen molar-refractivity contribution in [1.82, 2.24) is 10.2 Å². The zero-order valence-corrected chi connectivity index (χ0v) is 19.3. The predicted octanol–water partition coefficient (Wildman–Crippen LogP) is 5.05. The summed E-state index contributed by atoms with van der Waals surface area (Å²) in [6, 6.07) is 26.1. The fourth-order valence-corrected chi connectivity index (χ4v) is 3.85. The van der Waals surface area contributed by atoms with E-state index < -0.39 is 6.04 Å². The topological polar surface area (TPSA) is 49.4 Å². The van der Waals surface area contributed by atoms with Gasteiger partial charge < -0.3 is 10.2 Å². The second-order valence-electron chi connectivity index (χ2n) is 8.18. The van der Waals surface area contributed by atoms with Gasteiger partial charge in [-0.3, -0.25) is 9.59 Å². The van der Waals surface area contributed by atoms with Gasteiger partial charge in [0.15, 0.2) is 0 Å². The molecule has 1 unspecified atom stereocenters. The number of rotatable bonds is 9. The average Bonchev–Trinajstić information content (AvgIpc) is 2.77. The van der Waals surface area contributed by atoms with Crippen LogP contribution in [0.2, 0.25) is 5.02 Å². The smallest absolute Gasteiger partial charge is 0.243 e. The van der Waals surface area contributed by atoms with Crippen molar-refractivity contribution in [2.45, 2.75) is 45.3 Å². The molecule has 2 amide bonds. The van der Waals surface area contributed by atoms with E-state index in [0.29, 0.717) is 18.0 Å². The summed E-state index contributed by atoms with van der Waals surface area (Å²) in [5.74, 6) is -0.261. The van der Waals surface area contributed by atoms with E-state index in [1.165, 1.54) is 0 Å². The molecule has 5 heteroatoms. The SMILES string of the molecule is CC(C)NC(=O)C(Cc1ccccc1)N(Cc1cccc(Cl)c1)C(=O)Cc1ccccc1. The minimum absolute atomic E-state index is 0.0296. The molecule has 1 N–H and O–H groups in total. The number of nitrogens with one attached hydrogen (secondary N) is 1. The number of hydrogen-bond donors (Lipinski definition) is 1. The van der Waals surface area contributed by atoms with Gasteiger partial charge in [-0.1, -0.05) is 84.4 Å². The maximum absolute atomic E-state index is 13.5. The molecule has 0 radical (unpaired) electrons. The van der Waals surface area contributed by atoms with Crippen LogP contribution in [0.5, 0.6) is 0 Å². The molecule has 1 atom stereocenters. The molecule has 32 heavy (non-hydrogen) atoms. The van der Waals surface area contributed by atoms with Gasteiger partial charge in [0.1, 0.15) is 6.04 Å². The minimum Gasteiger partial charge on any atom is -0.352 e. The summed E-state index contributed by atoms with van der Waals surface area (Å²) in [4.78, 5) is 28.5. The van der Waals surface area contributed by atoms with Crippen molar-refractivity contribution in [3.8, 4) is 0 Å². The van der Waals surface area contributed by atoms with Crippen molar-refractivity contribution in [2.24, 2.45) is 0 Å². The Morgan fingerprint density at radius 3 is 2.03 bits per heavy atom. The quantitative estimate of drug-likeness (QED) is 0.498. The van der Waals surface area contributed by atoms with Crippen LogP contribution in [0.15, 0.2) is 84.9 Å². The Kier molecular flexibility index (Phi) is 8.46. The summed E-state index contributed by atoms with van der Waals surface area (Å²) in [5, 5.41) is 3.60. The molecule has 0 aromatic heterocycles. The van der Waals surface area contributed by atoms with E-state index in [0.717, 1.165) is 16.7 Å². The van der Waals surface area contributed by atoms with Crippen LogP contribution >= 0.6 is 11.6 Å². The first-order chi connectivity index (χ1) is 15.4. The van der Waals surface area contributed by atoms with Crippen molar-refractivity contribution < 1.29 is 9.59 Å². The highest BCUT2D eigenvalue weighted by atomic mass is 35.5. The van der Waals surface area contributed by atoms with Crippen LogP contribution in [0.3, 0.4) is 0 Å². The van der Waals surface area contributed by atoms with E-state index in [9.17, 15) is 9.59 Å². The number of hydrogen-bond acceptors (Lipinski definition) is 2. The van der Waals surface area contributed by atoms with Crippen LogP contribution in [0.25, 0.3) is 0 Å². The van der Waals surface area contributed by atoms with Gasteiger partial charge in [-0.05, 0) is 42.7 Å². The zero-order chi connectivity index (χ0) is 22.9. The van der Waals surface area contributed by atoms with Gasteiger partial charge in [0.25, 0.3) is 0 Å². The molecule has 166 valence electrons. The summed E-state index contributed by atoms with van der Waals surface area (Å²) in [6.07, 6.45) is 0.655. The Morgan fingerprint density at radius 2 is 1.44 bits per heavy atom. The van der Waals surface area contributed by atoms with Crippen molar-refractivity contribution in [3.05, 3.63) is 107 Å². The minimum atomic E-state index is -0.644. The molecule has 3 rings (SSSR count). The molecule has 3 aromatic carbocycles. The summed E-state index contributed by atoms with van der Waals surface area (Å²) < 4.78 is 0. The molecular weight excluding hydrogens is 420 g/mol. The first-order valence-electron chi connectivity index (χ1n) is 10.8. The highest BCUT2D eigenvalue weighted by Gasteiger charge is 2.30. The maximum atomic E-state index is 13.5. The Balaban J connectivity index is 1.96. The third-order valence-corrected chi connectivity index (χ3v) is 5.38. The van der Waals surface area contributed by atoms with Crippen molar-refractivity contribution in [2.75, 3.05) is 0 Å². The lowest BCUT2D eigenvalue weighted by Crippen LogP contribution is -2.52. The van der Waals surface area contributed by atoms with Crippen LogP contribution in [0.4, 0.5) is 0 Å². The molecule has 0 aliphatic rings. The van der Waals surface area contributed by atoms with Crippen LogP contribution in [-0.2, 0) is 29.0 Å². The summed E-state index contributed by atoms with van der Waals surface area (Å²) in [7, 11) is 0. The molecule has 0 heterocycles. The Labute approximate surface area is 195 Å². The molecule has 0 aliphatic heterocycles.